The number of ether oxygens (including phenoxy) is 1. The zero-order valence-corrected chi connectivity index (χ0v) is 12.2. The molecule has 0 spiro atoms. The summed E-state index contributed by atoms with van der Waals surface area (Å²) in [6.45, 7) is 5.05. The molecule has 5 heteroatoms. The van der Waals surface area contributed by atoms with E-state index in [1.54, 1.807) is 0 Å². The molecule has 0 unspecified atom stereocenters. The van der Waals surface area contributed by atoms with Crippen LogP contribution in [-0.4, -0.2) is 37.0 Å². The number of nitrogens with zero attached hydrogens (tertiary/aromatic N) is 1. The first-order chi connectivity index (χ1) is 9.65. The van der Waals surface area contributed by atoms with Crippen molar-refractivity contribution in [2.45, 2.75) is 26.3 Å². The minimum Gasteiger partial charge on any atom is -0.492 e. The molecule has 0 saturated carbocycles. The lowest BCUT2D eigenvalue weighted by atomic mass is 10.2. The van der Waals surface area contributed by atoms with Gasteiger partial charge in [-0.15, -0.1) is 0 Å². The van der Waals surface area contributed by atoms with Crippen molar-refractivity contribution >= 4 is 5.91 Å². The Kier molecular flexibility index (Phi) is 7.69. The number of rotatable bonds is 10. The number of hydrogen-bond donors (Lipinski definition) is 2. The van der Waals surface area contributed by atoms with E-state index in [-0.39, 0.29) is 12.5 Å². The third-order valence-electron chi connectivity index (χ3n) is 3.04. The predicted octanol–water partition coefficient (Wildman–Crippen LogP) is 1.11. The number of unbranched alkanes of at least 4 members (excludes halogenated alkanes) is 1. The standard InChI is InChI=1S/C15H25N3O2/c1-2-3-8-18(12-15(17)19)9-10-20-14-6-4-13(11-16)5-7-14/h4-7H,2-3,8-12,16H2,1H3,(H2,17,19). The van der Waals surface area contributed by atoms with Gasteiger partial charge >= 0.3 is 0 Å². The van der Waals surface area contributed by atoms with Crippen LogP contribution in [0.5, 0.6) is 5.75 Å². The van der Waals surface area contributed by atoms with Crippen molar-refractivity contribution in [2.24, 2.45) is 11.5 Å². The van der Waals surface area contributed by atoms with Crippen LogP contribution in [0.25, 0.3) is 0 Å². The molecule has 0 saturated heterocycles. The predicted molar refractivity (Wildman–Crippen MR) is 80.4 cm³/mol. The van der Waals surface area contributed by atoms with Crippen LogP contribution in [0.15, 0.2) is 24.3 Å². The van der Waals surface area contributed by atoms with Gasteiger partial charge in [0.15, 0.2) is 0 Å². The Balaban J connectivity index is 2.35. The van der Waals surface area contributed by atoms with Gasteiger partial charge in [0.2, 0.25) is 5.91 Å². The summed E-state index contributed by atoms with van der Waals surface area (Å²) >= 11 is 0. The maximum atomic E-state index is 11.0. The van der Waals surface area contributed by atoms with Gasteiger partial charge in [0.25, 0.3) is 0 Å². The van der Waals surface area contributed by atoms with E-state index >= 15 is 0 Å². The van der Waals surface area contributed by atoms with Crippen LogP contribution in [0.1, 0.15) is 25.3 Å². The van der Waals surface area contributed by atoms with Crippen LogP contribution < -0.4 is 16.2 Å². The molecule has 0 aromatic heterocycles. The first-order valence-corrected chi connectivity index (χ1v) is 7.08. The molecule has 112 valence electrons. The van der Waals surface area contributed by atoms with E-state index in [1.807, 2.05) is 29.2 Å². The van der Waals surface area contributed by atoms with Crippen LogP contribution >= 0.6 is 0 Å². The van der Waals surface area contributed by atoms with Crippen molar-refractivity contribution in [1.29, 1.82) is 0 Å². The number of primary amides is 1. The number of benzene rings is 1. The van der Waals surface area contributed by atoms with Crippen LogP contribution in [0.2, 0.25) is 0 Å². The molecule has 0 aliphatic heterocycles. The van der Waals surface area contributed by atoms with Crippen molar-refractivity contribution in [3.05, 3.63) is 29.8 Å². The molecule has 1 amide bonds. The Labute approximate surface area is 120 Å². The van der Waals surface area contributed by atoms with Gasteiger partial charge in [-0.25, -0.2) is 0 Å². The molecule has 0 aliphatic carbocycles. The van der Waals surface area contributed by atoms with Crippen LogP contribution in [0.3, 0.4) is 0 Å². The van der Waals surface area contributed by atoms with Crippen molar-refractivity contribution < 1.29 is 9.53 Å². The molecule has 20 heavy (non-hydrogen) atoms. The van der Waals surface area contributed by atoms with Gasteiger partial charge in [-0.1, -0.05) is 25.5 Å². The molecule has 1 aromatic carbocycles. The molecule has 0 radical (unpaired) electrons. The van der Waals surface area contributed by atoms with Gasteiger partial charge in [-0.2, -0.15) is 0 Å². The third-order valence-corrected chi connectivity index (χ3v) is 3.04. The average Bonchev–Trinajstić information content (AvgIpc) is 2.44. The van der Waals surface area contributed by atoms with Crippen molar-refractivity contribution in [1.82, 2.24) is 4.90 Å². The monoisotopic (exact) mass is 279 g/mol. The Hall–Kier alpha value is -1.59. The SMILES string of the molecule is CCCCN(CCOc1ccc(CN)cc1)CC(N)=O. The molecule has 0 aliphatic rings. The van der Waals surface area contributed by atoms with E-state index in [0.29, 0.717) is 19.7 Å². The minimum atomic E-state index is -0.298. The Morgan fingerprint density at radius 1 is 1.25 bits per heavy atom. The molecule has 5 nitrogen and oxygen atoms in total. The average molecular weight is 279 g/mol. The quantitative estimate of drug-likeness (QED) is 0.672. The van der Waals surface area contributed by atoms with Crippen LogP contribution in [-0.2, 0) is 11.3 Å². The molecule has 0 atom stereocenters. The highest BCUT2D eigenvalue weighted by Crippen LogP contribution is 2.11. The summed E-state index contributed by atoms with van der Waals surface area (Å²) in [6.07, 6.45) is 2.15. The number of amides is 1. The van der Waals surface area contributed by atoms with Gasteiger partial charge in [-0.3, -0.25) is 9.69 Å². The molecule has 0 fully saturated rings. The summed E-state index contributed by atoms with van der Waals surface area (Å²) < 4.78 is 5.66. The molecule has 0 bridgehead atoms. The first-order valence-electron chi connectivity index (χ1n) is 7.08. The number of nitrogens with two attached hydrogens (primary N) is 2. The first kappa shape index (κ1) is 16.5. The van der Waals surface area contributed by atoms with Gasteiger partial charge in [-0.05, 0) is 30.7 Å². The van der Waals surface area contributed by atoms with Crippen LogP contribution in [0, 0.1) is 0 Å². The molecular formula is C15H25N3O2. The van der Waals surface area contributed by atoms with E-state index in [0.717, 1.165) is 30.7 Å². The fourth-order valence-corrected chi connectivity index (χ4v) is 1.89. The molecule has 1 rings (SSSR count). The summed E-state index contributed by atoms with van der Waals surface area (Å²) in [4.78, 5) is 13.0. The summed E-state index contributed by atoms with van der Waals surface area (Å²) in [5, 5.41) is 0. The summed E-state index contributed by atoms with van der Waals surface area (Å²) in [5.74, 6) is 0.519. The zero-order chi connectivity index (χ0) is 14.8. The highest BCUT2D eigenvalue weighted by atomic mass is 16.5. The van der Waals surface area contributed by atoms with Crippen LogP contribution in [0.4, 0.5) is 0 Å². The van der Waals surface area contributed by atoms with Gasteiger partial charge in [0, 0.05) is 13.1 Å². The molecule has 0 heterocycles. The fraction of sp³-hybridized carbons (Fsp3) is 0.533. The Bertz CT molecular complexity index is 393. The number of carbonyl (C=O) groups excluding carboxylic acids is 1. The van der Waals surface area contributed by atoms with Gasteiger partial charge < -0.3 is 16.2 Å². The second-order valence-electron chi connectivity index (χ2n) is 4.79. The lowest BCUT2D eigenvalue weighted by Gasteiger charge is -2.20. The molecular weight excluding hydrogens is 254 g/mol. The normalized spacial score (nSPS) is 10.8. The van der Waals surface area contributed by atoms with E-state index in [4.69, 9.17) is 16.2 Å². The summed E-state index contributed by atoms with van der Waals surface area (Å²) in [5.41, 5.74) is 11.9. The van der Waals surface area contributed by atoms with E-state index in [2.05, 4.69) is 6.92 Å². The zero-order valence-electron chi connectivity index (χ0n) is 12.2. The molecule has 1 aromatic rings. The largest absolute Gasteiger partial charge is 0.492 e. The van der Waals surface area contributed by atoms with E-state index < -0.39 is 0 Å². The number of carbonyl (C=O) groups is 1. The minimum absolute atomic E-state index is 0.287. The van der Waals surface area contributed by atoms with Gasteiger partial charge in [0.1, 0.15) is 12.4 Å². The maximum Gasteiger partial charge on any atom is 0.231 e. The maximum absolute atomic E-state index is 11.0. The highest BCUT2D eigenvalue weighted by molar-refractivity contribution is 5.75. The summed E-state index contributed by atoms with van der Waals surface area (Å²) in [6, 6.07) is 7.72. The lowest BCUT2D eigenvalue weighted by molar-refractivity contribution is -0.119. The fourth-order valence-electron chi connectivity index (χ4n) is 1.89. The van der Waals surface area contributed by atoms with Gasteiger partial charge in [0.05, 0.1) is 6.54 Å². The van der Waals surface area contributed by atoms with Crippen molar-refractivity contribution in [2.75, 3.05) is 26.2 Å². The van der Waals surface area contributed by atoms with Crippen molar-refractivity contribution in [3.8, 4) is 5.75 Å². The molecule has 4 N–H and O–H groups in total. The third kappa shape index (κ3) is 6.54. The van der Waals surface area contributed by atoms with E-state index in [9.17, 15) is 4.79 Å². The topological polar surface area (TPSA) is 81.6 Å². The van der Waals surface area contributed by atoms with Crippen molar-refractivity contribution in [3.63, 3.8) is 0 Å². The second-order valence-corrected chi connectivity index (χ2v) is 4.79. The lowest BCUT2D eigenvalue weighted by Crippen LogP contribution is -2.37. The smallest absolute Gasteiger partial charge is 0.231 e. The van der Waals surface area contributed by atoms with E-state index in [1.165, 1.54) is 0 Å². The number of hydrogen-bond acceptors (Lipinski definition) is 4. The summed E-state index contributed by atoms with van der Waals surface area (Å²) in [7, 11) is 0. The highest BCUT2D eigenvalue weighted by Gasteiger charge is 2.07. The second kappa shape index (κ2) is 9.34. The Morgan fingerprint density at radius 2 is 1.95 bits per heavy atom. The Morgan fingerprint density at radius 3 is 2.50 bits per heavy atom.